The Hall–Kier alpha value is -4.28. The van der Waals surface area contributed by atoms with Crippen molar-refractivity contribution in [1.29, 1.82) is 0 Å². The van der Waals surface area contributed by atoms with E-state index in [0.717, 1.165) is 28.4 Å². The first-order valence-electron chi connectivity index (χ1n) is 12.4. The Balaban J connectivity index is 1.52. The molecule has 1 aromatic heterocycles. The molecule has 8 nitrogen and oxygen atoms in total. The molecule has 0 radical (unpaired) electrons. The third-order valence-corrected chi connectivity index (χ3v) is 7.50. The molecule has 0 bridgehead atoms. The summed E-state index contributed by atoms with van der Waals surface area (Å²) in [6, 6.07) is 5.06. The first-order valence-corrected chi connectivity index (χ1v) is 12.4. The van der Waals surface area contributed by atoms with Crippen LogP contribution in [0.2, 0.25) is 0 Å². The van der Waals surface area contributed by atoms with Gasteiger partial charge >= 0.3 is 6.09 Å². The van der Waals surface area contributed by atoms with Gasteiger partial charge in [-0.05, 0) is 68.2 Å². The Morgan fingerprint density at radius 2 is 1.90 bits per heavy atom. The van der Waals surface area contributed by atoms with E-state index in [4.69, 9.17) is 4.74 Å². The van der Waals surface area contributed by atoms with Gasteiger partial charge in [0.1, 0.15) is 5.75 Å². The van der Waals surface area contributed by atoms with Crippen LogP contribution in [0, 0.1) is 24.4 Å². The van der Waals surface area contributed by atoms with Gasteiger partial charge in [0.05, 0.1) is 42.9 Å². The maximum Gasteiger partial charge on any atom is 0.407 e. The second kappa shape index (κ2) is 10.1. The van der Waals surface area contributed by atoms with E-state index in [-0.39, 0.29) is 18.0 Å². The molecule has 5 rings (SSSR count). The number of rotatable bonds is 4. The van der Waals surface area contributed by atoms with Crippen LogP contribution in [0.3, 0.4) is 0 Å². The molecule has 2 aliphatic heterocycles. The van der Waals surface area contributed by atoms with E-state index in [0.29, 0.717) is 29.7 Å². The van der Waals surface area contributed by atoms with E-state index in [1.54, 1.807) is 32.5 Å². The lowest BCUT2D eigenvalue weighted by Gasteiger charge is -2.52. The van der Waals surface area contributed by atoms with Crippen molar-refractivity contribution in [1.82, 2.24) is 19.4 Å². The van der Waals surface area contributed by atoms with Crippen molar-refractivity contribution >= 4 is 18.1 Å². The van der Waals surface area contributed by atoms with Crippen LogP contribution < -0.4 is 4.74 Å². The van der Waals surface area contributed by atoms with Gasteiger partial charge in [0.15, 0.2) is 17.5 Å². The summed E-state index contributed by atoms with van der Waals surface area (Å²) >= 11 is 0. The zero-order valence-electron chi connectivity index (χ0n) is 21.6. The SMILES string of the molecule is COc1cc(C=C2CC[C@H]3C(C)N(C(=O)O)C[C@H](c4cc(F)c(F)c(F)c4)N3C2=O)ccc1-n1cnc(C)c1. The number of amides is 2. The van der Waals surface area contributed by atoms with Crippen LogP contribution in [0.5, 0.6) is 5.75 Å². The Bertz CT molecular complexity index is 1460. The van der Waals surface area contributed by atoms with Crippen LogP contribution in [-0.2, 0) is 4.79 Å². The van der Waals surface area contributed by atoms with Crippen molar-refractivity contribution in [2.24, 2.45) is 0 Å². The molecule has 1 unspecified atom stereocenters. The minimum Gasteiger partial charge on any atom is -0.495 e. The number of imidazole rings is 1. The van der Waals surface area contributed by atoms with E-state index >= 15 is 0 Å². The molecular formula is C28H27F3N4O4. The molecule has 39 heavy (non-hydrogen) atoms. The molecule has 0 spiro atoms. The molecule has 3 aromatic rings. The lowest BCUT2D eigenvalue weighted by Crippen LogP contribution is -2.63. The van der Waals surface area contributed by atoms with Crippen molar-refractivity contribution in [2.75, 3.05) is 13.7 Å². The molecule has 3 heterocycles. The Morgan fingerprint density at radius 3 is 2.51 bits per heavy atom. The number of nitrogens with zero attached hydrogens (tertiary/aromatic N) is 4. The number of aromatic nitrogens is 2. The lowest BCUT2D eigenvalue weighted by atomic mass is 9.85. The quantitative estimate of drug-likeness (QED) is 0.367. The fourth-order valence-corrected chi connectivity index (χ4v) is 5.53. The first-order chi connectivity index (χ1) is 18.6. The number of piperidine rings is 1. The Labute approximate surface area is 222 Å². The summed E-state index contributed by atoms with van der Waals surface area (Å²) in [7, 11) is 1.55. The number of piperazine rings is 1. The average Bonchev–Trinajstić information content (AvgIpc) is 3.34. The van der Waals surface area contributed by atoms with Crippen molar-refractivity contribution < 1.29 is 32.6 Å². The fraction of sp³-hybridized carbons (Fsp3) is 0.321. The number of hydrogen-bond donors (Lipinski definition) is 1. The molecular weight excluding hydrogens is 513 g/mol. The van der Waals surface area contributed by atoms with Gasteiger partial charge < -0.3 is 24.2 Å². The predicted octanol–water partition coefficient (Wildman–Crippen LogP) is 5.10. The zero-order valence-corrected chi connectivity index (χ0v) is 21.6. The smallest absolute Gasteiger partial charge is 0.407 e. The zero-order chi connectivity index (χ0) is 28.0. The average molecular weight is 541 g/mol. The number of benzene rings is 2. The number of carboxylic acid groups (broad SMARTS) is 1. The van der Waals surface area contributed by atoms with Crippen molar-refractivity contribution in [2.45, 2.75) is 44.8 Å². The van der Waals surface area contributed by atoms with Gasteiger partial charge in [-0.15, -0.1) is 0 Å². The van der Waals surface area contributed by atoms with Gasteiger partial charge in [-0.1, -0.05) is 6.07 Å². The molecule has 0 aliphatic carbocycles. The highest BCUT2D eigenvalue weighted by Crippen LogP contribution is 2.40. The summed E-state index contributed by atoms with van der Waals surface area (Å²) in [4.78, 5) is 32.7. The van der Waals surface area contributed by atoms with Gasteiger partial charge in [0, 0.05) is 18.3 Å². The maximum absolute atomic E-state index is 14.2. The van der Waals surface area contributed by atoms with Gasteiger partial charge in [-0.2, -0.15) is 0 Å². The van der Waals surface area contributed by atoms with E-state index in [1.807, 2.05) is 29.8 Å². The topological polar surface area (TPSA) is 87.9 Å². The molecule has 2 amide bonds. The van der Waals surface area contributed by atoms with Crippen LogP contribution >= 0.6 is 0 Å². The normalized spacial score (nSPS) is 22.3. The standard InChI is InChI=1S/C28H27F3N4O4/c1-15-12-33(14-32-15)23-6-4-17(9-25(23)39-3)8-18-5-7-22-16(2)34(28(37)38)13-24(35(22)27(18)36)19-10-20(29)26(31)21(30)11-19/h4,6,8-12,14,16,22,24H,5,7,13H2,1-3H3,(H,37,38)/t16?,22-,24+/m0/s1. The Kier molecular flexibility index (Phi) is 6.83. The van der Waals surface area contributed by atoms with Crippen LogP contribution in [0.25, 0.3) is 11.8 Å². The molecule has 0 saturated carbocycles. The summed E-state index contributed by atoms with van der Waals surface area (Å²) in [5, 5.41) is 9.77. The third kappa shape index (κ3) is 4.73. The van der Waals surface area contributed by atoms with Crippen molar-refractivity contribution in [3.05, 3.63) is 82.7 Å². The number of carbonyl (C=O) groups excluding carboxylic acids is 1. The number of methoxy groups -OCH3 is 1. The Morgan fingerprint density at radius 1 is 1.18 bits per heavy atom. The van der Waals surface area contributed by atoms with E-state index in [1.165, 1.54) is 4.90 Å². The summed E-state index contributed by atoms with van der Waals surface area (Å²) < 4.78 is 49.4. The third-order valence-electron chi connectivity index (χ3n) is 7.50. The number of hydrogen-bond acceptors (Lipinski definition) is 4. The molecule has 2 aliphatic rings. The van der Waals surface area contributed by atoms with E-state index in [2.05, 4.69) is 4.98 Å². The van der Waals surface area contributed by atoms with Crippen molar-refractivity contribution in [3.8, 4) is 11.4 Å². The molecule has 204 valence electrons. The highest BCUT2D eigenvalue weighted by atomic mass is 19.2. The highest BCUT2D eigenvalue weighted by Gasteiger charge is 2.47. The van der Waals surface area contributed by atoms with Gasteiger partial charge in [-0.25, -0.2) is 22.9 Å². The summed E-state index contributed by atoms with van der Waals surface area (Å²) in [6.45, 7) is 3.38. The number of aryl methyl sites for hydroxylation is 1. The van der Waals surface area contributed by atoms with Gasteiger partial charge in [-0.3, -0.25) is 4.79 Å². The summed E-state index contributed by atoms with van der Waals surface area (Å²) in [5.74, 6) is -4.22. The second-order valence-corrected chi connectivity index (χ2v) is 9.83. The van der Waals surface area contributed by atoms with Crippen LogP contribution in [0.4, 0.5) is 18.0 Å². The van der Waals surface area contributed by atoms with Crippen LogP contribution in [0.1, 0.15) is 42.6 Å². The minimum absolute atomic E-state index is 0.00852. The molecule has 1 N–H and O–H groups in total. The maximum atomic E-state index is 14.2. The molecule has 2 aromatic carbocycles. The number of carbonyl (C=O) groups is 2. The van der Waals surface area contributed by atoms with E-state index < -0.39 is 41.7 Å². The second-order valence-electron chi connectivity index (χ2n) is 9.83. The van der Waals surface area contributed by atoms with Gasteiger partial charge in [0.25, 0.3) is 5.91 Å². The molecule has 2 saturated heterocycles. The highest BCUT2D eigenvalue weighted by molar-refractivity contribution is 5.99. The summed E-state index contributed by atoms with van der Waals surface area (Å²) in [5.41, 5.74) is 2.78. The predicted molar refractivity (Wildman–Crippen MR) is 136 cm³/mol. The molecule has 3 atom stereocenters. The number of halogens is 3. The van der Waals surface area contributed by atoms with Gasteiger partial charge in [0.2, 0.25) is 0 Å². The summed E-state index contributed by atoms with van der Waals surface area (Å²) in [6.07, 6.45) is 4.89. The van der Waals surface area contributed by atoms with Crippen molar-refractivity contribution in [3.63, 3.8) is 0 Å². The number of ether oxygens (including phenoxy) is 1. The largest absolute Gasteiger partial charge is 0.495 e. The fourth-order valence-electron chi connectivity index (χ4n) is 5.53. The molecule has 2 fully saturated rings. The monoisotopic (exact) mass is 540 g/mol. The first kappa shape index (κ1) is 26.3. The number of fused-ring (bicyclic) bond motifs is 1. The minimum atomic E-state index is -1.62. The van der Waals surface area contributed by atoms with E-state index in [9.17, 15) is 27.9 Å². The van der Waals surface area contributed by atoms with Crippen LogP contribution in [-0.4, -0.2) is 62.2 Å². The van der Waals surface area contributed by atoms with Crippen LogP contribution in [0.15, 0.2) is 48.4 Å². The molecule has 11 heteroatoms. The lowest BCUT2D eigenvalue weighted by molar-refractivity contribution is -0.141.